The molecule has 1 rings (SSSR count). The van der Waals surface area contributed by atoms with Gasteiger partial charge in [0.25, 0.3) is 0 Å². The zero-order valence-corrected chi connectivity index (χ0v) is 11.6. The molecule has 0 aliphatic rings. The molecule has 0 fully saturated rings. The molecule has 0 atom stereocenters. The zero-order chi connectivity index (χ0) is 15.6. The third kappa shape index (κ3) is 5.08. The molecule has 0 aromatic heterocycles. The predicted molar refractivity (Wildman–Crippen MR) is 73.1 cm³/mol. The first-order valence-electron chi connectivity index (χ1n) is 5.91. The molecule has 0 spiro atoms. The highest BCUT2D eigenvalue weighted by atomic mass is 16.5. The van der Waals surface area contributed by atoms with Crippen LogP contribution in [0.4, 0.5) is 0 Å². The summed E-state index contributed by atoms with van der Waals surface area (Å²) in [5.74, 6) is 0.426. The average Bonchev–Trinajstić information content (AvgIpc) is 2.53. The second-order valence-electron chi connectivity index (χ2n) is 4.48. The highest BCUT2D eigenvalue weighted by molar-refractivity contribution is 5.92. The Morgan fingerprint density at radius 1 is 1.10 bits per heavy atom. The summed E-state index contributed by atoms with van der Waals surface area (Å²) in [6.07, 6.45) is 1.24. The minimum Gasteiger partial charge on any atom is -0.496 e. The van der Waals surface area contributed by atoms with Crippen LogP contribution in [0.25, 0.3) is 0 Å². The molecule has 0 amide bonds. The molecule has 0 saturated heterocycles. The maximum Gasteiger partial charge on any atom is 0.154 e. The van der Waals surface area contributed by atoms with Crippen molar-refractivity contribution >= 4 is 12.6 Å². The Bertz CT molecular complexity index is 417. The lowest BCUT2D eigenvalue weighted by molar-refractivity contribution is 0.0200. The normalized spacial score (nSPS) is 10.2. The molecule has 0 bridgehead atoms. The first kappa shape index (κ1) is 18.2. The molecule has 6 heteroatoms. The second kappa shape index (κ2) is 9.19. The summed E-state index contributed by atoms with van der Waals surface area (Å²) in [6.45, 7) is 1.06. The Balaban J connectivity index is 0.000000396. The van der Waals surface area contributed by atoms with Crippen LogP contribution in [-0.2, 0) is 0 Å². The predicted octanol–water partition coefficient (Wildman–Crippen LogP) is 0.290. The molecule has 112 valence electrons. The summed E-state index contributed by atoms with van der Waals surface area (Å²) in [6, 6.07) is 4.87. The van der Waals surface area contributed by atoms with E-state index in [9.17, 15) is 9.59 Å². The van der Waals surface area contributed by atoms with Crippen LogP contribution in [0.1, 0.15) is 27.6 Å². The van der Waals surface area contributed by atoms with E-state index in [1.54, 1.807) is 25.1 Å². The van der Waals surface area contributed by atoms with E-state index < -0.39 is 5.41 Å². The van der Waals surface area contributed by atoms with Crippen molar-refractivity contribution in [2.45, 2.75) is 6.92 Å². The third-order valence-corrected chi connectivity index (χ3v) is 2.71. The fraction of sp³-hybridized carbons (Fsp3) is 0.429. The second-order valence-corrected chi connectivity index (χ2v) is 4.48. The van der Waals surface area contributed by atoms with Crippen LogP contribution in [0.3, 0.4) is 0 Å². The Morgan fingerprint density at radius 2 is 1.65 bits per heavy atom. The van der Waals surface area contributed by atoms with Gasteiger partial charge in [0, 0.05) is 11.0 Å². The average molecular weight is 284 g/mol. The van der Waals surface area contributed by atoms with E-state index in [0.29, 0.717) is 29.4 Å². The van der Waals surface area contributed by atoms with Crippen LogP contribution in [0.15, 0.2) is 18.2 Å². The number of aliphatic hydroxyl groups is 3. The molecule has 1 aromatic rings. The van der Waals surface area contributed by atoms with E-state index in [1.807, 2.05) is 0 Å². The minimum atomic E-state index is -0.708. The molecule has 0 radical (unpaired) electrons. The van der Waals surface area contributed by atoms with Gasteiger partial charge in [0.2, 0.25) is 0 Å². The molecule has 0 heterocycles. The molecule has 20 heavy (non-hydrogen) atoms. The van der Waals surface area contributed by atoms with E-state index >= 15 is 0 Å². The van der Waals surface area contributed by atoms with Gasteiger partial charge in [0.1, 0.15) is 5.75 Å². The number of carbonyl (C=O) groups excluding carboxylic acids is 2. The Morgan fingerprint density at radius 3 is 1.95 bits per heavy atom. The molecule has 6 nitrogen and oxygen atoms in total. The van der Waals surface area contributed by atoms with Crippen LogP contribution in [0, 0.1) is 5.41 Å². The lowest BCUT2D eigenvalue weighted by Gasteiger charge is -2.20. The fourth-order valence-electron chi connectivity index (χ4n) is 1.12. The van der Waals surface area contributed by atoms with Gasteiger partial charge >= 0.3 is 0 Å². The van der Waals surface area contributed by atoms with Crippen molar-refractivity contribution < 1.29 is 29.6 Å². The molecule has 1 aromatic carbocycles. The number of benzene rings is 1. The molecule has 0 aliphatic carbocycles. The first-order chi connectivity index (χ1) is 9.51. The van der Waals surface area contributed by atoms with Crippen LogP contribution < -0.4 is 4.74 Å². The molecule has 0 saturated carbocycles. The summed E-state index contributed by atoms with van der Waals surface area (Å²) < 4.78 is 4.89. The smallest absolute Gasteiger partial charge is 0.154 e. The number of methoxy groups -OCH3 is 1. The molecule has 0 aliphatic heterocycles. The van der Waals surface area contributed by atoms with Crippen molar-refractivity contribution in [3.8, 4) is 5.75 Å². The lowest BCUT2D eigenvalue weighted by atomic mass is 9.95. The number of aldehydes is 2. The summed E-state index contributed by atoms with van der Waals surface area (Å²) in [5, 5.41) is 25.4. The number of hydrogen-bond donors (Lipinski definition) is 3. The van der Waals surface area contributed by atoms with Crippen LogP contribution in [0.5, 0.6) is 5.75 Å². The van der Waals surface area contributed by atoms with Gasteiger partial charge in [-0.3, -0.25) is 9.59 Å². The number of hydrogen-bond acceptors (Lipinski definition) is 6. The van der Waals surface area contributed by atoms with E-state index in [2.05, 4.69) is 0 Å². The summed E-state index contributed by atoms with van der Waals surface area (Å²) in [7, 11) is 1.46. The first-order valence-corrected chi connectivity index (χ1v) is 5.91. The van der Waals surface area contributed by atoms with Crippen LogP contribution in [0.2, 0.25) is 0 Å². The van der Waals surface area contributed by atoms with E-state index in [4.69, 9.17) is 20.1 Å². The zero-order valence-electron chi connectivity index (χ0n) is 11.6. The summed E-state index contributed by atoms with van der Waals surface area (Å²) in [5.41, 5.74) is -0.0562. The monoisotopic (exact) mass is 284 g/mol. The third-order valence-electron chi connectivity index (χ3n) is 2.71. The van der Waals surface area contributed by atoms with Gasteiger partial charge in [-0.05, 0) is 6.07 Å². The standard InChI is InChI=1S/C9H8O3.C5H12O3/c1-12-9-4-2-3-7(5-10)8(9)6-11;1-5(2-6,3-7)4-8/h2-6H,1H3;6-8H,2-4H2,1H3. The minimum absolute atomic E-state index is 0.181. The van der Waals surface area contributed by atoms with Gasteiger partial charge < -0.3 is 20.1 Å². The van der Waals surface area contributed by atoms with Gasteiger partial charge in [0.15, 0.2) is 12.6 Å². The Hall–Kier alpha value is -1.76. The van der Waals surface area contributed by atoms with Crippen LogP contribution in [-0.4, -0.2) is 54.8 Å². The molecule has 3 N–H and O–H groups in total. The fourth-order valence-corrected chi connectivity index (χ4v) is 1.12. The molecule has 0 unspecified atom stereocenters. The van der Waals surface area contributed by atoms with Crippen LogP contribution >= 0.6 is 0 Å². The van der Waals surface area contributed by atoms with E-state index in [-0.39, 0.29) is 19.8 Å². The number of rotatable bonds is 6. The maximum atomic E-state index is 10.5. The largest absolute Gasteiger partial charge is 0.496 e. The van der Waals surface area contributed by atoms with Gasteiger partial charge in [0.05, 0.1) is 32.5 Å². The van der Waals surface area contributed by atoms with Crippen molar-refractivity contribution in [1.29, 1.82) is 0 Å². The lowest BCUT2D eigenvalue weighted by Crippen LogP contribution is -2.29. The van der Waals surface area contributed by atoms with Crippen molar-refractivity contribution in [2.24, 2.45) is 5.41 Å². The number of ether oxygens (including phenoxy) is 1. The van der Waals surface area contributed by atoms with Gasteiger partial charge in [-0.25, -0.2) is 0 Å². The molecular weight excluding hydrogens is 264 g/mol. The van der Waals surface area contributed by atoms with Gasteiger partial charge in [-0.2, -0.15) is 0 Å². The Kier molecular flexibility index (Phi) is 8.38. The molecular formula is C14H20O6. The van der Waals surface area contributed by atoms with Crippen molar-refractivity contribution in [3.05, 3.63) is 29.3 Å². The number of aliphatic hydroxyl groups excluding tert-OH is 3. The Labute approximate surface area is 117 Å². The van der Waals surface area contributed by atoms with E-state index in [1.165, 1.54) is 7.11 Å². The highest BCUT2D eigenvalue weighted by Crippen LogP contribution is 2.18. The topological polar surface area (TPSA) is 104 Å². The maximum absolute atomic E-state index is 10.5. The number of carbonyl (C=O) groups is 2. The summed E-state index contributed by atoms with van der Waals surface area (Å²) >= 11 is 0. The highest BCUT2D eigenvalue weighted by Gasteiger charge is 2.20. The van der Waals surface area contributed by atoms with Gasteiger partial charge in [-0.1, -0.05) is 19.1 Å². The van der Waals surface area contributed by atoms with E-state index in [0.717, 1.165) is 0 Å². The van der Waals surface area contributed by atoms with Gasteiger partial charge in [-0.15, -0.1) is 0 Å². The summed E-state index contributed by atoms with van der Waals surface area (Å²) in [4.78, 5) is 21.0. The van der Waals surface area contributed by atoms with Crippen molar-refractivity contribution in [2.75, 3.05) is 26.9 Å². The van der Waals surface area contributed by atoms with Crippen molar-refractivity contribution in [3.63, 3.8) is 0 Å². The van der Waals surface area contributed by atoms with Crippen molar-refractivity contribution in [1.82, 2.24) is 0 Å². The quantitative estimate of drug-likeness (QED) is 0.649. The SMILES string of the molecule is CC(CO)(CO)CO.COc1cccc(C=O)c1C=O.